The predicted octanol–water partition coefficient (Wildman–Crippen LogP) is 2.35. The van der Waals surface area contributed by atoms with Crippen LogP contribution in [0.1, 0.15) is 28.5 Å². The second-order valence-electron chi connectivity index (χ2n) is 12.5. The summed E-state index contributed by atoms with van der Waals surface area (Å²) in [5.41, 5.74) is -1.30. The van der Waals surface area contributed by atoms with Crippen LogP contribution in [0.4, 0.5) is 45.0 Å². The molecule has 0 aliphatic carbocycles. The number of morpholine rings is 1. The van der Waals surface area contributed by atoms with Gasteiger partial charge in [0.25, 0.3) is 11.5 Å². The lowest BCUT2D eigenvalue weighted by Gasteiger charge is -2.36. The normalized spacial score (nSPS) is 15.1. The van der Waals surface area contributed by atoms with Crippen LogP contribution in [0.2, 0.25) is 0 Å². The fraction of sp³-hybridized carbons (Fsp3) is 0.412. The SMILES string of the molecule is CCc1c(N2CCN(C(=O)CNC(=O)c3ccc(F)c(NC)c3)CC2)c(=O)n2nc(N3CCOCC3)nc2n1CC(=O)Nc1ccc(C(F)(F)F)cc1F. The van der Waals surface area contributed by atoms with E-state index >= 15 is 0 Å². The Morgan fingerprint density at radius 3 is 2.28 bits per heavy atom. The number of piperazine rings is 1. The van der Waals surface area contributed by atoms with Crippen molar-refractivity contribution < 1.29 is 41.1 Å². The van der Waals surface area contributed by atoms with E-state index in [-0.39, 0.29) is 73.7 Å². The molecule has 4 heterocycles. The molecule has 2 saturated heterocycles. The first-order valence-electron chi connectivity index (χ1n) is 17.1. The second-order valence-corrected chi connectivity index (χ2v) is 12.5. The zero-order chi connectivity index (χ0) is 38.7. The Bertz CT molecular complexity index is 2120. The van der Waals surface area contributed by atoms with Crippen molar-refractivity contribution in [1.29, 1.82) is 0 Å². The molecule has 2 aromatic heterocycles. The summed E-state index contributed by atoms with van der Waals surface area (Å²) in [5, 5.41) is 12.0. The molecule has 2 fully saturated rings. The molecular formula is C34H37F5N10O5. The van der Waals surface area contributed by atoms with Crippen molar-refractivity contribution in [3.8, 4) is 0 Å². The molecule has 0 spiro atoms. The summed E-state index contributed by atoms with van der Waals surface area (Å²) in [5.74, 6) is -3.29. The van der Waals surface area contributed by atoms with Gasteiger partial charge in [-0.3, -0.25) is 19.2 Å². The first-order chi connectivity index (χ1) is 25.8. The number of nitrogens with one attached hydrogen (secondary N) is 3. The van der Waals surface area contributed by atoms with Crippen molar-refractivity contribution in [1.82, 2.24) is 29.4 Å². The van der Waals surface area contributed by atoms with Crippen LogP contribution in [0, 0.1) is 11.6 Å². The number of ether oxygens (including phenoxy) is 1. The van der Waals surface area contributed by atoms with Gasteiger partial charge in [-0.15, -0.1) is 5.10 Å². The lowest BCUT2D eigenvalue weighted by molar-refractivity contribution is -0.137. The molecule has 0 atom stereocenters. The van der Waals surface area contributed by atoms with Crippen molar-refractivity contribution in [3.05, 3.63) is 75.2 Å². The Morgan fingerprint density at radius 1 is 0.907 bits per heavy atom. The molecule has 4 aromatic rings. The van der Waals surface area contributed by atoms with E-state index in [0.29, 0.717) is 44.1 Å². The summed E-state index contributed by atoms with van der Waals surface area (Å²) in [4.78, 5) is 63.0. The number of amides is 3. The maximum Gasteiger partial charge on any atom is 0.416 e. The van der Waals surface area contributed by atoms with Crippen LogP contribution in [-0.4, -0.2) is 108 Å². The third kappa shape index (κ3) is 7.92. The van der Waals surface area contributed by atoms with Gasteiger partial charge in [0.15, 0.2) is 0 Å². The highest BCUT2D eigenvalue weighted by Gasteiger charge is 2.32. The van der Waals surface area contributed by atoms with Gasteiger partial charge in [0, 0.05) is 51.9 Å². The molecule has 3 N–H and O–H groups in total. The largest absolute Gasteiger partial charge is 0.416 e. The third-order valence-corrected chi connectivity index (χ3v) is 9.16. The van der Waals surface area contributed by atoms with E-state index < -0.39 is 53.0 Å². The van der Waals surface area contributed by atoms with Crippen LogP contribution in [0.3, 0.4) is 0 Å². The topological polar surface area (TPSA) is 158 Å². The summed E-state index contributed by atoms with van der Waals surface area (Å²) in [6.45, 7) is 3.42. The van der Waals surface area contributed by atoms with Crippen LogP contribution >= 0.6 is 0 Å². The van der Waals surface area contributed by atoms with Gasteiger partial charge >= 0.3 is 6.18 Å². The Labute approximate surface area is 304 Å². The Kier molecular flexibility index (Phi) is 11.0. The van der Waals surface area contributed by atoms with Crippen molar-refractivity contribution in [2.45, 2.75) is 26.1 Å². The fourth-order valence-corrected chi connectivity index (χ4v) is 6.35. The van der Waals surface area contributed by atoms with E-state index in [0.717, 1.165) is 16.6 Å². The number of fused-ring (bicyclic) bond motifs is 1. The molecular weight excluding hydrogens is 723 g/mol. The van der Waals surface area contributed by atoms with E-state index in [1.54, 1.807) is 11.8 Å². The number of benzene rings is 2. The minimum absolute atomic E-state index is 0.0256. The van der Waals surface area contributed by atoms with Crippen LogP contribution in [0.15, 0.2) is 41.2 Å². The Balaban J connectivity index is 1.23. The van der Waals surface area contributed by atoms with Crippen molar-refractivity contribution >= 4 is 46.5 Å². The number of carbonyl (C=O) groups excluding carboxylic acids is 3. The maximum atomic E-state index is 14.7. The van der Waals surface area contributed by atoms with E-state index in [1.165, 1.54) is 28.6 Å². The predicted molar refractivity (Wildman–Crippen MR) is 187 cm³/mol. The van der Waals surface area contributed by atoms with Gasteiger partial charge in [-0.1, -0.05) is 6.92 Å². The zero-order valence-corrected chi connectivity index (χ0v) is 29.3. The van der Waals surface area contributed by atoms with Gasteiger partial charge in [0.1, 0.15) is 23.9 Å². The van der Waals surface area contributed by atoms with Gasteiger partial charge < -0.3 is 40.0 Å². The van der Waals surface area contributed by atoms with Crippen LogP contribution < -0.4 is 31.3 Å². The molecule has 2 aromatic carbocycles. The number of halogens is 5. The standard InChI is InChI=1S/C34H37F5N10O5/c1-3-26-29(46-10-8-45(9-11-46)28(51)18-41-30(52)20-4-6-22(35)25(16-20)40-2)31(53)49-33(43-32(44-49)47-12-14-54-15-13-47)48(26)19-27(50)42-24-7-5-21(17-23(24)36)34(37,38)39/h4-7,16-17,40H,3,8-15,18-19H2,1-2H3,(H,41,52)(H,42,50). The molecule has 54 heavy (non-hydrogen) atoms. The number of anilines is 4. The minimum Gasteiger partial charge on any atom is -0.386 e. The van der Waals surface area contributed by atoms with Gasteiger partial charge in [0.05, 0.1) is 42.4 Å². The number of rotatable bonds is 10. The van der Waals surface area contributed by atoms with Crippen molar-refractivity contribution in [2.75, 3.05) is 86.5 Å². The zero-order valence-electron chi connectivity index (χ0n) is 29.3. The number of aromatic nitrogens is 4. The van der Waals surface area contributed by atoms with E-state index in [4.69, 9.17) is 4.74 Å². The molecule has 6 rings (SSSR count). The van der Waals surface area contributed by atoms with Crippen LogP contribution in [-0.2, 0) is 33.5 Å². The fourth-order valence-electron chi connectivity index (χ4n) is 6.35. The molecule has 2 aliphatic heterocycles. The Morgan fingerprint density at radius 2 is 1.63 bits per heavy atom. The van der Waals surface area contributed by atoms with E-state index in [9.17, 15) is 41.1 Å². The highest BCUT2D eigenvalue weighted by molar-refractivity contribution is 5.97. The number of carbonyl (C=O) groups is 3. The second kappa shape index (κ2) is 15.7. The monoisotopic (exact) mass is 760 g/mol. The van der Waals surface area contributed by atoms with Gasteiger partial charge in [-0.2, -0.15) is 22.7 Å². The highest BCUT2D eigenvalue weighted by atomic mass is 19.4. The summed E-state index contributed by atoms with van der Waals surface area (Å²) in [6.07, 6.45) is -4.55. The quantitative estimate of drug-likeness (QED) is 0.205. The minimum atomic E-state index is -4.78. The first-order valence-corrected chi connectivity index (χ1v) is 17.1. The summed E-state index contributed by atoms with van der Waals surface area (Å²) in [7, 11) is 1.51. The third-order valence-electron chi connectivity index (χ3n) is 9.16. The summed E-state index contributed by atoms with van der Waals surface area (Å²) >= 11 is 0. The lowest BCUT2D eigenvalue weighted by atomic mass is 10.1. The smallest absolute Gasteiger partial charge is 0.386 e. The average Bonchev–Trinajstić information content (AvgIpc) is 3.62. The molecule has 3 amide bonds. The van der Waals surface area contributed by atoms with Gasteiger partial charge in [-0.25, -0.2) is 8.78 Å². The molecule has 0 radical (unpaired) electrons. The van der Waals surface area contributed by atoms with Crippen molar-refractivity contribution in [2.24, 2.45) is 0 Å². The molecule has 0 bridgehead atoms. The maximum absolute atomic E-state index is 14.7. The molecule has 20 heteroatoms. The Hall–Kier alpha value is -5.79. The van der Waals surface area contributed by atoms with Crippen LogP contribution in [0.5, 0.6) is 0 Å². The summed E-state index contributed by atoms with van der Waals surface area (Å²) in [6, 6.07) is 5.55. The molecule has 288 valence electrons. The average molecular weight is 761 g/mol. The highest BCUT2D eigenvalue weighted by Crippen LogP contribution is 2.31. The molecule has 2 aliphatic rings. The first kappa shape index (κ1) is 38.0. The molecule has 15 nitrogen and oxygen atoms in total. The van der Waals surface area contributed by atoms with Gasteiger partial charge in [0.2, 0.25) is 23.5 Å². The summed E-state index contributed by atoms with van der Waals surface area (Å²) < 4.78 is 75.8. The molecule has 0 unspecified atom stereocenters. The van der Waals surface area contributed by atoms with Crippen LogP contribution in [0.25, 0.3) is 5.78 Å². The van der Waals surface area contributed by atoms with E-state index in [2.05, 4.69) is 26.0 Å². The number of alkyl halides is 3. The molecule has 0 saturated carbocycles. The van der Waals surface area contributed by atoms with E-state index in [1.807, 2.05) is 4.90 Å². The number of hydrogen-bond acceptors (Lipinski definition) is 10. The number of nitrogens with zero attached hydrogens (tertiary/aromatic N) is 7. The van der Waals surface area contributed by atoms with Crippen molar-refractivity contribution in [3.63, 3.8) is 0 Å². The lowest BCUT2D eigenvalue weighted by Crippen LogP contribution is -2.52. The number of hydrogen-bond donors (Lipinski definition) is 3. The van der Waals surface area contributed by atoms with Gasteiger partial charge in [-0.05, 0) is 42.8 Å².